The average molecular weight is 226 g/mol. The van der Waals surface area contributed by atoms with E-state index < -0.39 is 11.7 Å². The van der Waals surface area contributed by atoms with E-state index in [9.17, 15) is 4.79 Å². The summed E-state index contributed by atoms with van der Waals surface area (Å²) in [5.41, 5.74) is -0.513. The van der Waals surface area contributed by atoms with Crippen LogP contribution in [-0.2, 0) is 9.47 Å². The Kier molecular flexibility index (Phi) is 3.76. The van der Waals surface area contributed by atoms with Gasteiger partial charge in [-0.3, -0.25) is 0 Å². The lowest BCUT2D eigenvalue weighted by molar-refractivity contribution is -0.0592. The second kappa shape index (κ2) is 4.71. The van der Waals surface area contributed by atoms with Gasteiger partial charge in [-0.05, 0) is 27.7 Å². The van der Waals surface area contributed by atoms with Crippen LogP contribution < -0.4 is 0 Å². The number of amides is 1. The number of nitrogens with zero attached hydrogens (tertiary/aromatic N) is 2. The Bertz CT molecular complexity index is 303. The van der Waals surface area contributed by atoms with Gasteiger partial charge in [-0.1, -0.05) is 0 Å². The summed E-state index contributed by atoms with van der Waals surface area (Å²) >= 11 is 0. The van der Waals surface area contributed by atoms with Crippen LogP contribution in [0.25, 0.3) is 0 Å². The number of ether oxygens (including phenoxy) is 2. The largest absolute Gasteiger partial charge is 0.444 e. The lowest BCUT2D eigenvalue weighted by Crippen LogP contribution is -2.50. The van der Waals surface area contributed by atoms with E-state index in [1.807, 2.05) is 33.8 Å². The van der Waals surface area contributed by atoms with E-state index in [0.717, 1.165) is 0 Å². The number of carbonyl (C=O) groups excluding carboxylic acids is 1. The molecule has 1 fully saturated rings. The molecule has 1 saturated heterocycles. The van der Waals surface area contributed by atoms with Gasteiger partial charge in [-0.15, -0.1) is 0 Å². The highest BCUT2D eigenvalue weighted by atomic mass is 16.6. The lowest BCUT2D eigenvalue weighted by Gasteiger charge is -2.34. The van der Waals surface area contributed by atoms with Gasteiger partial charge in [-0.2, -0.15) is 5.26 Å². The molecule has 1 aliphatic rings. The molecule has 2 atom stereocenters. The van der Waals surface area contributed by atoms with Crippen LogP contribution in [0.4, 0.5) is 4.79 Å². The van der Waals surface area contributed by atoms with Gasteiger partial charge in [0.1, 0.15) is 5.60 Å². The van der Waals surface area contributed by atoms with Crippen LogP contribution in [0.1, 0.15) is 27.7 Å². The minimum absolute atomic E-state index is 0.133. The Balaban J connectivity index is 2.59. The molecule has 0 radical (unpaired) electrons. The molecule has 1 unspecified atom stereocenters. The Morgan fingerprint density at radius 1 is 1.50 bits per heavy atom. The molecule has 1 heterocycles. The SMILES string of the molecule is C[C@H]1CN(C(=O)OC(C)(C)C)CC(C#N)O1. The Labute approximate surface area is 95.9 Å². The second-order valence-corrected chi connectivity index (χ2v) is 4.95. The van der Waals surface area contributed by atoms with Crippen LogP contribution in [-0.4, -0.2) is 41.9 Å². The number of rotatable bonds is 0. The molecular formula is C11H18N2O3. The maximum Gasteiger partial charge on any atom is 0.410 e. The van der Waals surface area contributed by atoms with Gasteiger partial charge in [-0.25, -0.2) is 4.79 Å². The van der Waals surface area contributed by atoms with Crippen molar-refractivity contribution in [3.05, 3.63) is 0 Å². The van der Waals surface area contributed by atoms with Crippen molar-refractivity contribution in [2.75, 3.05) is 13.1 Å². The van der Waals surface area contributed by atoms with Gasteiger partial charge >= 0.3 is 6.09 Å². The highest BCUT2D eigenvalue weighted by molar-refractivity contribution is 5.68. The maximum atomic E-state index is 11.8. The predicted molar refractivity (Wildman–Crippen MR) is 57.8 cm³/mol. The first-order valence-electron chi connectivity index (χ1n) is 5.35. The summed E-state index contributed by atoms with van der Waals surface area (Å²) < 4.78 is 10.6. The highest BCUT2D eigenvalue weighted by Gasteiger charge is 2.31. The van der Waals surface area contributed by atoms with Crippen molar-refractivity contribution in [3.63, 3.8) is 0 Å². The zero-order valence-electron chi connectivity index (χ0n) is 10.2. The number of carbonyl (C=O) groups is 1. The van der Waals surface area contributed by atoms with Crippen LogP contribution in [0.15, 0.2) is 0 Å². The van der Waals surface area contributed by atoms with Crippen molar-refractivity contribution in [1.82, 2.24) is 4.90 Å². The summed E-state index contributed by atoms with van der Waals surface area (Å²) in [6.07, 6.45) is -1.08. The monoisotopic (exact) mass is 226 g/mol. The van der Waals surface area contributed by atoms with Gasteiger partial charge in [0.2, 0.25) is 0 Å². The molecule has 0 N–H and O–H groups in total. The summed E-state index contributed by atoms with van der Waals surface area (Å²) in [6.45, 7) is 8.02. The zero-order valence-corrected chi connectivity index (χ0v) is 10.2. The molecule has 0 aliphatic carbocycles. The third-order valence-electron chi connectivity index (χ3n) is 2.06. The van der Waals surface area contributed by atoms with Crippen molar-refractivity contribution in [2.45, 2.75) is 45.5 Å². The summed E-state index contributed by atoms with van der Waals surface area (Å²) in [7, 11) is 0. The molecule has 0 aromatic heterocycles. The summed E-state index contributed by atoms with van der Waals surface area (Å²) in [5.74, 6) is 0. The molecule has 5 heteroatoms. The fourth-order valence-electron chi connectivity index (χ4n) is 1.50. The van der Waals surface area contributed by atoms with Crippen LogP contribution in [0.5, 0.6) is 0 Å². The van der Waals surface area contributed by atoms with Crippen LogP contribution >= 0.6 is 0 Å². The van der Waals surface area contributed by atoms with E-state index in [1.54, 1.807) is 0 Å². The molecule has 0 bridgehead atoms. The quantitative estimate of drug-likeness (QED) is 0.628. The molecular weight excluding hydrogens is 208 g/mol. The molecule has 0 aromatic carbocycles. The maximum absolute atomic E-state index is 11.8. The van der Waals surface area contributed by atoms with E-state index in [2.05, 4.69) is 0 Å². The second-order valence-electron chi connectivity index (χ2n) is 4.95. The van der Waals surface area contributed by atoms with Gasteiger partial charge < -0.3 is 14.4 Å². The normalized spacial score (nSPS) is 26.1. The third kappa shape index (κ3) is 3.70. The Morgan fingerprint density at radius 3 is 2.62 bits per heavy atom. The van der Waals surface area contributed by atoms with Gasteiger partial charge in [0, 0.05) is 0 Å². The van der Waals surface area contributed by atoms with E-state index in [1.165, 1.54) is 4.90 Å². The topological polar surface area (TPSA) is 62.6 Å². The minimum Gasteiger partial charge on any atom is -0.444 e. The van der Waals surface area contributed by atoms with Crippen LogP contribution in [0, 0.1) is 11.3 Å². The number of hydrogen-bond donors (Lipinski definition) is 0. The molecule has 16 heavy (non-hydrogen) atoms. The first-order chi connectivity index (χ1) is 7.31. The molecule has 1 rings (SSSR count). The molecule has 5 nitrogen and oxygen atoms in total. The van der Waals surface area contributed by atoms with E-state index >= 15 is 0 Å². The van der Waals surface area contributed by atoms with Crippen LogP contribution in [0.3, 0.4) is 0 Å². The first kappa shape index (κ1) is 12.8. The minimum atomic E-state index is -0.559. The summed E-state index contributed by atoms with van der Waals surface area (Å²) in [4.78, 5) is 13.3. The molecule has 0 saturated carbocycles. The van der Waals surface area contributed by atoms with Gasteiger partial charge in [0.15, 0.2) is 6.10 Å². The number of morpholine rings is 1. The standard InChI is InChI=1S/C11H18N2O3/c1-8-6-13(7-9(5-12)15-8)10(14)16-11(2,3)4/h8-9H,6-7H2,1-4H3/t8-,9?/m0/s1. The predicted octanol–water partition coefficient (Wildman–Crippen LogP) is 1.53. The molecule has 90 valence electrons. The highest BCUT2D eigenvalue weighted by Crippen LogP contribution is 2.15. The zero-order chi connectivity index (χ0) is 12.3. The Hall–Kier alpha value is -1.28. The molecule has 0 spiro atoms. The third-order valence-corrected chi connectivity index (χ3v) is 2.06. The van der Waals surface area contributed by atoms with Crippen molar-refractivity contribution in [2.24, 2.45) is 0 Å². The lowest BCUT2D eigenvalue weighted by atomic mass is 10.2. The smallest absolute Gasteiger partial charge is 0.410 e. The molecule has 1 amide bonds. The first-order valence-corrected chi connectivity index (χ1v) is 5.35. The molecule has 1 aliphatic heterocycles. The van der Waals surface area contributed by atoms with Gasteiger partial charge in [0.25, 0.3) is 0 Å². The Morgan fingerprint density at radius 2 is 2.12 bits per heavy atom. The number of nitriles is 1. The van der Waals surface area contributed by atoms with E-state index in [-0.39, 0.29) is 18.7 Å². The summed E-state index contributed by atoms with van der Waals surface area (Å²) in [5, 5.41) is 8.79. The summed E-state index contributed by atoms with van der Waals surface area (Å²) in [6, 6.07) is 2.01. The fourth-order valence-corrected chi connectivity index (χ4v) is 1.50. The van der Waals surface area contributed by atoms with Crippen molar-refractivity contribution in [1.29, 1.82) is 5.26 Å². The van der Waals surface area contributed by atoms with Crippen molar-refractivity contribution < 1.29 is 14.3 Å². The fraction of sp³-hybridized carbons (Fsp3) is 0.818. The average Bonchev–Trinajstić information content (AvgIpc) is 2.14. The van der Waals surface area contributed by atoms with E-state index in [0.29, 0.717) is 6.54 Å². The molecule has 0 aromatic rings. The van der Waals surface area contributed by atoms with Crippen LogP contribution in [0.2, 0.25) is 0 Å². The van der Waals surface area contributed by atoms with E-state index in [4.69, 9.17) is 14.7 Å². The van der Waals surface area contributed by atoms with Gasteiger partial charge in [0.05, 0.1) is 25.3 Å². The van der Waals surface area contributed by atoms with Crippen molar-refractivity contribution >= 4 is 6.09 Å². The van der Waals surface area contributed by atoms with Crippen molar-refractivity contribution in [3.8, 4) is 6.07 Å². The number of hydrogen-bond acceptors (Lipinski definition) is 4.